The highest BCUT2D eigenvalue weighted by Crippen LogP contribution is 2.24. The fourth-order valence-electron chi connectivity index (χ4n) is 3.35. The number of aromatic amines is 1. The van der Waals surface area contributed by atoms with Gasteiger partial charge in [0.25, 0.3) is 0 Å². The van der Waals surface area contributed by atoms with Crippen molar-refractivity contribution in [1.29, 1.82) is 5.26 Å². The summed E-state index contributed by atoms with van der Waals surface area (Å²) >= 11 is 7.27. The maximum atomic E-state index is 12.9. The van der Waals surface area contributed by atoms with Gasteiger partial charge in [0.15, 0.2) is 5.16 Å². The Kier molecular flexibility index (Phi) is 6.20. The minimum atomic E-state index is -3.79. The van der Waals surface area contributed by atoms with Crippen LogP contribution in [-0.2, 0) is 14.8 Å². The molecular weight excluding hydrogens is 458 g/mol. The molecule has 11 heteroatoms. The normalized spacial score (nSPS) is 15.2. The Hall–Kier alpha value is -2.58. The van der Waals surface area contributed by atoms with E-state index in [0.717, 1.165) is 11.0 Å². The van der Waals surface area contributed by atoms with Gasteiger partial charge in [-0.15, -0.1) is 0 Å². The van der Waals surface area contributed by atoms with Crippen molar-refractivity contribution in [2.45, 2.75) is 10.1 Å². The van der Waals surface area contributed by atoms with Crippen molar-refractivity contribution in [2.75, 3.05) is 31.9 Å². The lowest BCUT2D eigenvalue weighted by atomic mass is 10.2. The number of piperazine rings is 1. The van der Waals surface area contributed by atoms with Gasteiger partial charge in [0.05, 0.1) is 27.2 Å². The molecule has 1 aromatic heterocycles. The molecule has 1 aliphatic rings. The van der Waals surface area contributed by atoms with E-state index in [1.807, 2.05) is 12.1 Å². The van der Waals surface area contributed by atoms with Crippen LogP contribution in [0.25, 0.3) is 11.0 Å². The number of halogens is 1. The molecule has 0 spiro atoms. The summed E-state index contributed by atoms with van der Waals surface area (Å²) in [6.45, 7) is 0.954. The van der Waals surface area contributed by atoms with Gasteiger partial charge in [0.2, 0.25) is 15.9 Å². The molecule has 1 aliphatic heterocycles. The molecule has 0 aliphatic carbocycles. The Morgan fingerprint density at radius 3 is 2.68 bits per heavy atom. The van der Waals surface area contributed by atoms with Gasteiger partial charge in [-0.05, 0) is 30.3 Å². The highest BCUT2D eigenvalue weighted by molar-refractivity contribution is 7.99. The number of nitriles is 1. The van der Waals surface area contributed by atoms with E-state index in [1.165, 1.54) is 28.2 Å². The Labute approximate surface area is 188 Å². The van der Waals surface area contributed by atoms with Crippen LogP contribution in [0.3, 0.4) is 0 Å². The number of amides is 1. The van der Waals surface area contributed by atoms with Crippen molar-refractivity contribution in [2.24, 2.45) is 0 Å². The fourth-order valence-corrected chi connectivity index (χ4v) is 5.87. The molecule has 160 valence electrons. The number of hydrogen-bond donors (Lipinski definition) is 1. The van der Waals surface area contributed by atoms with Gasteiger partial charge >= 0.3 is 0 Å². The van der Waals surface area contributed by atoms with Crippen molar-refractivity contribution in [3.63, 3.8) is 0 Å². The number of nitrogens with one attached hydrogen (secondary N) is 1. The van der Waals surface area contributed by atoms with Crippen molar-refractivity contribution in [3.05, 3.63) is 53.1 Å². The summed E-state index contributed by atoms with van der Waals surface area (Å²) in [5.74, 6) is 0.107. The van der Waals surface area contributed by atoms with E-state index >= 15 is 0 Å². The zero-order valence-electron chi connectivity index (χ0n) is 16.3. The van der Waals surface area contributed by atoms with E-state index in [4.69, 9.17) is 11.6 Å². The molecule has 3 aromatic rings. The summed E-state index contributed by atoms with van der Waals surface area (Å²) in [6, 6.07) is 13.4. The molecule has 1 saturated heterocycles. The molecule has 8 nitrogen and oxygen atoms in total. The second-order valence-corrected chi connectivity index (χ2v) is 10.2. The quantitative estimate of drug-likeness (QED) is 0.568. The summed E-state index contributed by atoms with van der Waals surface area (Å²) in [4.78, 5) is 21.8. The molecule has 0 unspecified atom stereocenters. The molecule has 0 atom stereocenters. The Morgan fingerprint density at radius 2 is 1.94 bits per heavy atom. The number of sulfonamides is 1. The Morgan fingerprint density at radius 1 is 1.19 bits per heavy atom. The van der Waals surface area contributed by atoms with Crippen LogP contribution in [0.4, 0.5) is 0 Å². The monoisotopic (exact) mass is 475 g/mol. The third-order valence-electron chi connectivity index (χ3n) is 4.97. The first-order valence-corrected chi connectivity index (χ1v) is 12.2. The van der Waals surface area contributed by atoms with Crippen LogP contribution in [0.2, 0.25) is 5.02 Å². The molecule has 4 rings (SSSR count). The molecule has 0 saturated carbocycles. The predicted octanol–water partition coefficient (Wildman–Crippen LogP) is 2.71. The summed E-state index contributed by atoms with van der Waals surface area (Å²) in [6.07, 6.45) is 0. The van der Waals surface area contributed by atoms with Gasteiger partial charge in [0.1, 0.15) is 6.07 Å². The van der Waals surface area contributed by atoms with E-state index in [2.05, 4.69) is 9.97 Å². The van der Waals surface area contributed by atoms with Crippen molar-refractivity contribution in [1.82, 2.24) is 19.2 Å². The van der Waals surface area contributed by atoms with Gasteiger partial charge in [-0.2, -0.15) is 9.57 Å². The fraction of sp³-hybridized carbons (Fsp3) is 0.250. The third kappa shape index (κ3) is 4.55. The van der Waals surface area contributed by atoms with Gasteiger partial charge in [-0.25, -0.2) is 13.4 Å². The zero-order chi connectivity index (χ0) is 22.0. The molecule has 0 radical (unpaired) electrons. The second kappa shape index (κ2) is 8.88. The lowest BCUT2D eigenvalue weighted by Crippen LogP contribution is -2.51. The van der Waals surface area contributed by atoms with Crippen LogP contribution in [0, 0.1) is 11.3 Å². The number of aromatic nitrogens is 2. The van der Waals surface area contributed by atoms with E-state index in [9.17, 15) is 18.5 Å². The largest absolute Gasteiger partial charge is 0.339 e. The number of benzene rings is 2. The van der Waals surface area contributed by atoms with Crippen molar-refractivity contribution in [3.8, 4) is 6.07 Å². The Bertz CT molecular complexity index is 1280. The Balaban J connectivity index is 1.35. The van der Waals surface area contributed by atoms with Gasteiger partial charge in [-0.1, -0.05) is 35.5 Å². The number of imidazole rings is 1. The summed E-state index contributed by atoms with van der Waals surface area (Å²) in [5.41, 5.74) is 1.69. The standard InChI is InChI=1S/C20H18ClN5O3S2/c21-15-5-6-16-17(11-15)24-20(23-16)30-13-19(27)25-7-9-26(10-8-25)31(28,29)18-4-2-1-3-14(18)12-22/h1-6,11H,7-10,13H2,(H,23,24). The van der Waals surface area contributed by atoms with Gasteiger partial charge in [-0.3, -0.25) is 4.79 Å². The summed E-state index contributed by atoms with van der Waals surface area (Å²) in [5, 5.41) is 10.4. The molecule has 31 heavy (non-hydrogen) atoms. The molecule has 0 bridgehead atoms. The third-order valence-corrected chi connectivity index (χ3v) is 8.02. The number of hydrogen-bond acceptors (Lipinski definition) is 6. The maximum Gasteiger partial charge on any atom is 0.244 e. The highest BCUT2D eigenvalue weighted by atomic mass is 35.5. The number of carbonyl (C=O) groups is 1. The molecule has 1 N–H and O–H groups in total. The first kappa shape index (κ1) is 21.6. The number of fused-ring (bicyclic) bond motifs is 1. The first-order chi connectivity index (χ1) is 14.9. The van der Waals surface area contributed by atoms with Crippen molar-refractivity contribution >= 4 is 50.3 Å². The van der Waals surface area contributed by atoms with Gasteiger partial charge in [0, 0.05) is 31.2 Å². The van der Waals surface area contributed by atoms with Crippen LogP contribution in [0.1, 0.15) is 5.56 Å². The number of thioether (sulfide) groups is 1. The second-order valence-electron chi connectivity index (χ2n) is 6.88. The lowest BCUT2D eigenvalue weighted by Gasteiger charge is -2.34. The molecule has 2 aromatic carbocycles. The molecule has 2 heterocycles. The van der Waals surface area contributed by atoms with Crippen LogP contribution in [-0.4, -0.2) is 65.4 Å². The van der Waals surface area contributed by atoms with Crippen LogP contribution >= 0.6 is 23.4 Å². The van der Waals surface area contributed by atoms with E-state index < -0.39 is 10.0 Å². The lowest BCUT2D eigenvalue weighted by molar-refractivity contribution is -0.129. The minimum absolute atomic E-state index is 0.00202. The summed E-state index contributed by atoms with van der Waals surface area (Å²) < 4.78 is 27.1. The van der Waals surface area contributed by atoms with E-state index in [0.29, 0.717) is 23.3 Å². The van der Waals surface area contributed by atoms with Crippen LogP contribution in [0.15, 0.2) is 52.5 Å². The average Bonchev–Trinajstić information content (AvgIpc) is 3.19. The molecule has 1 amide bonds. The predicted molar refractivity (Wildman–Crippen MR) is 118 cm³/mol. The van der Waals surface area contributed by atoms with E-state index in [-0.39, 0.29) is 35.2 Å². The van der Waals surface area contributed by atoms with Crippen LogP contribution in [0.5, 0.6) is 0 Å². The number of rotatable bonds is 5. The van der Waals surface area contributed by atoms with Crippen molar-refractivity contribution < 1.29 is 13.2 Å². The van der Waals surface area contributed by atoms with Gasteiger partial charge < -0.3 is 9.88 Å². The molecular formula is C20H18ClN5O3S2. The topological polar surface area (TPSA) is 110 Å². The highest BCUT2D eigenvalue weighted by Gasteiger charge is 2.31. The number of nitrogens with zero attached hydrogens (tertiary/aromatic N) is 4. The zero-order valence-corrected chi connectivity index (χ0v) is 18.7. The van der Waals surface area contributed by atoms with E-state index in [1.54, 1.807) is 29.2 Å². The average molecular weight is 476 g/mol. The minimum Gasteiger partial charge on any atom is -0.339 e. The SMILES string of the molecule is N#Cc1ccccc1S(=O)(=O)N1CCN(C(=O)CSc2nc3ccc(Cl)cc3[nH]2)CC1. The van der Waals surface area contributed by atoms with Crippen LogP contribution < -0.4 is 0 Å². The summed E-state index contributed by atoms with van der Waals surface area (Å²) in [7, 11) is -3.79. The smallest absolute Gasteiger partial charge is 0.244 e. The number of carbonyl (C=O) groups excluding carboxylic acids is 1. The number of H-pyrrole nitrogens is 1. The maximum absolute atomic E-state index is 12.9. The molecule has 1 fully saturated rings. The first-order valence-electron chi connectivity index (χ1n) is 9.43.